The molecule has 2 N–H and O–H groups in total. The first kappa shape index (κ1) is 21.4. The molecule has 0 spiro atoms. The van der Waals surface area contributed by atoms with Gasteiger partial charge in [-0.3, -0.25) is 9.59 Å². The Bertz CT molecular complexity index is 774. The second kappa shape index (κ2) is 11.6. The van der Waals surface area contributed by atoms with Gasteiger partial charge >= 0.3 is 0 Å². The number of aromatic nitrogens is 2. The third-order valence-corrected chi connectivity index (χ3v) is 5.89. The van der Waals surface area contributed by atoms with Gasteiger partial charge in [0.05, 0.1) is 0 Å². The molecule has 1 aliphatic heterocycles. The lowest BCUT2D eigenvalue weighted by Gasteiger charge is -2.26. The largest absolute Gasteiger partial charge is 0.356 e. The van der Waals surface area contributed by atoms with Crippen molar-refractivity contribution in [3.8, 4) is 0 Å². The first-order valence-corrected chi connectivity index (χ1v) is 11.2. The molecule has 0 bridgehead atoms. The summed E-state index contributed by atoms with van der Waals surface area (Å²) in [6.45, 7) is 4.19. The van der Waals surface area contributed by atoms with Crippen molar-refractivity contribution >= 4 is 28.8 Å². The van der Waals surface area contributed by atoms with Gasteiger partial charge in [0.25, 0.3) is 5.91 Å². The summed E-state index contributed by atoms with van der Waals surface area (Å²) < 4.78 is 0. The van der Waals surface area contributed by atoms with Crippen LogP contribution in [0.2, 0.25) is 0 Å². The maximum absolute atomic E-state index is 12.2. The molecule has 7 nitrogen and oxygen atoms in total. The lowest BCUT2D eigenvalue weighted by molar-refractivity contribution is -0.121. The Kier molecular flexibility index (Phi) is 8.58. The van der Waals surface area contributed by atoms with Gasteiger partial charge in [-0.15, -0.1) is 10.2 Å². The summed E-state index contributed by atoms with van der Waals surface area (Å²) in [4.78, 5) is 26.7. The van der Waals surface area contributed by atoms with Crippen LogP contribution in [-0.2, 0) is 11.2 Å². The average molecular weight is 416 g/mol. The summed E-state index contributed by atoms with van der Waals surface area (Å²) in [6, 6.07) is 9.26. The Morgan fingerprint density at radius 2 is 1.83 bits per heavy atom. The molecule has 1 fully saturated rings. The minimum atomic E-state index is -0.258. The summed E-state index contributed by atoms with van der Waals surface area (Å²) in [5, 5.41) is 15.0. The lowest BCUT2D eigenvalue weighted by atomic mass is 10.1. The van der Waals surface area contributed by atoms with Gasteiger partial charge in [-0.2, -0.15) is 0 Å². The number of carbonyl (C=O) groups excluding carboxylic acids is 2. The highest BCUT2D eigenvalue weighted by molar-refractivity contribution is 7.13. The lowest BCUT2D eigenvalue weighted by Crippen LogP contribution is -2.33. The molecular formula is C21H29N5O2S. The Morgan fingerprint density at radius 3 is 2.62 bits per heavy atom. The Morgan fingerprint density at radius 1 is 1.03 bits per heavy atom. The van der Waals surface area contributed by atoms with E-state index in [1.165, 1.54) is 43.7 Å². The van der Waals surface area contributed by atoms with E-state index in [2.05, 4.69) is 25.7 Å². The molecule has 0 saturated carbocycles. The number of anilines is 1. The van der Waals surface area contributed by atoms with Crippen LogP contribution in [-0.4, -0.2) is 53.1 Å². The SMILES string of the molecule is O=C(CCCc1nnc(C(=O)Nc2ccccc2)s1)NCCCN1CCCCC1. The molecule has 0 atom stereocenters. The fraction of sp³-hybridized carbons (Fsp3) is 0.524. The van der Waals surface area contributed by atoms with Crippen molar-refractivity contribution in [1.82, 2.24) is 20.4 Å². The number of likely N-dealkylation sites (tertiary alicyclic amines) is 1. The second-order valence-electron chi connectivity index (χ2n) is 7.28. The van der Waals surface area contributed by atoms with E-state index < -0.39 is 0 Å². The predicted molar refractivity (Wildman–Crippen MR) is 115 cm³/mol. The molecule has 1 aromatic heterocycles. The van der Waals surface area contributed by atoms with E-state index in [1.54, 1.807) is 0 Å². The molecule has 29 heavy (non-hydrogen) atoms. The number of nitrogens with one attached hydrogen (secondary N) is 2. The van der Waals surface area contributed by atoms with E-state index >= 15 is 0 Å². The quantitative estimate of drug-likeness (QED) is 0.582. The molecule has 156 valence electrons. The van der Waals surface area contributed by atoms with Gasteiger partial charge in [0.2, 0.25) is 10.9 Å². The normalized spacial score (nSPS) is 14.5. The summed E-state index contributed by atoms with van der Waals surface area (Å²) in [6.07, 6.45) is 6.77. The summed E-state index contributed by atoms with van der Waals surface area (Å²) in [5.41, 5.74) is 0.728. The highest BCUT2D eigenvalue weighted by Gasteiger charge is 2.13. The maximum Gasteiger partial charge on any atom is 0.286 e. The third kappa shape index (κ3) is 7.55. The molecule has 2 heterocycles. The molecule has 0 aliphatic carbocycles. The number of benzene rings is 1. The number of hydrogen-bond acceptors (Lipinski definition) is 6. The molecule has 2 amide bonds. The number of nitrogens with zero attached hydrogens (tertiary/aromatic N) is 3. The Labute approximate surface area is 175 Å². The topological polar surface area (TPSA) is 87.2 Å². The molecule has 2 aromatic rings. The third-order valence-electron chi connectivity index (χ3n) is 4.91. The Balaban J connectivity index is 1.29. The van der Waals surface area contributed by atoms with E-state index in [0.717, 1.165) is 30.2 Å². The fourth-order valence-electron chi connectivity index (χ4n) is 3.35. The number of carbonyl (C=O) groups is 2. The number of piperidine rings is 1. The molecule has 1 aliphatic rings. The van der Waals surface area contributed by atoms with E-state index in [9.17, 15) is 9.59 Å². The fourth-order valence-corrected chi connectivity index (χ4v) is 4.13. The van der Waals surface area contributed by atoms with Crippen molar-refractivity contribution in [1.29, 1.82) is 0 Å². The zero-order valence-corrected chi connectivity index (χ0v) is 17.5. The number of aryl methyl sites for hydroxylation is 1. The summed E-state index contributed by atoms with van der Waals surface area (Å²) in [7, 11) is 0. The van der Waals surface area contributed by atoms with Crippen LogP contribution in [0.5, 0.6) is 0 Å². The summed E-state index contributed by atoms with van der Waals surface area (Å²) in [5.74, 6) is -0.179. The van der Waals surface area contributed by atoms with E-state index in [-0.39, 0.29) is 11.8 Å². The van der Waals surface area contributed by atoms with Crippen LogP contribution in [0.1, 0.15) is 53.3 Å². The molecule has 1 saturated heterocycles. The number of rotatable bonds is 10. The van der Waals surface area contributed by atoms with Gasteiger partial charge in [-0.05, 0) is 57.5 Å². The van der Waals surface area contributed by atoms with Gasteiger partial charge in [0.15, 0.2) is 0 Å². The maximum atomic E-state index is 12.2. The minimum absolute atomic E-state index is 0.0789. The highest BCUT2D eigenvalue weighted by atomic mass is 32.1. The first-order chi connectivity index (χ1) is 14.2. The predicted octanol–water partition coefficient (Wildman–Crippen LogP) is 3.11. The van der Waals surface area contributed by atoms with Crippen LogP contribution in [0.25, 0.3) is 0 Å². The van der Waals surface area contributed by atoms with Crippen LogP contribution in [0, 0.1) is 0 Å². The van der Waals surface area contributed by atoms with Crippen LogP contribution >= 0.6 is 11.3 Å². The van der Waals surface area contributed by atoms with Crippen molar-refractivity contribution in [3.63, 3.8) is 0 Å². The van der Waals surface area contributed by atoms with E-state index in [0.29, 0.717) is 24.3 Å². The number of para-hydroxylation sites is 1. The van der Waals surface area contributed by atoms with Crippen LogP contribution in [0.4, 0.5) is 5.69 Å². The van der Waals surface area contributed by atoms with Gasteiger partial charge in [-0.25, -0.2) is 0 Å². The minimum Gasteiger partial charge on any atom is -0.356 e. The highest BCUT2D eigenvalue weighted by Crippen LogP contribution is 2.15. The first-order valence-electron chi connectivity index (χ1n) is 10.4. The molecule has 0 unspecified atom stereocenters. The van der Waals surface area contributed by atoms with Gasteiger partial charge in [0.1, 0.15) is 5.01 Å². The monoisotopic (exact) mass is 415 g/mol. The van der Waals surface area contributed by atoms with E-state index in [1.807, 2.05) is 30.3 Å². The zero-order valence-electron chi connectivity index (χ0n) is 16.7. The van der Waals surface area contributed by atoms with Gasteiger partial charge < -0.3 is 15.5 Å². The van der Waals surface area contributed by atoms with Crippen molar-refractivity contribution in [3.05, 3.63) is 40.3 Å². The van der Waals surface area contributed by atoms with Crippen LogP contribution in [0.15, 0.2) is 30.3 Å². The van der Waals surface area contributed by atoms with Crippen LogP contribution in [0.3, 0.4) is 0 Å². The molecule has 1 aromatic carbocycles. The van der Waals surface area contributed by atoms with Gasteiger partial charge in [-0.1, -0.05) is 36.0 Å². The van der Waals surface area contributed by atoms with Crippen molar-refractivity contribution in [2.24, 2.45) is 0 Å². The van der Waals surface area contributed by atoms with Crippen LogP contribution < -0.4 is 10.6 Å². The zero-order chi connectivity index (χ0) is 20.3. The molecule has 0 radical (unpaired) electrons. The summed E-state index contributed by atoms with van der Waals surface area (Å²) >= 11 is 1.28. The van der Waals surface area contributed by atoms with Crippen molar-refractivity contribution in [2.75, 3.05) is 31.5 Å². The smallest absolute Gasteiger partial charge is 0.286 e. The van der Waals surface area contributed by atoms with Crippen molar-refractivity contribution < 1.29 is 9.59 Å². The molecule has 8 heteroatoms. The number of amides is 2. The number of hydrogen-bond donors (Lipinski definition) is 2. The second-order valence-corrected chi connectivity index (χ2v) is 8.34. The average Bonchev–Trinajstić information content (AvgIpc) is 3.22. The standard InChI is InChI=1S/C21H29N5O2S/c27-18(22-13-8-16-26-14-5-2-6-15-26)11-7-12-19-24-25-21(29-19)20(28)23-17-9-3-1-4-10-17/h1,3-4,9-10H,2,5-8,11-16H2,(H,22,27)(H,23,28). The van der Waals surface area contributed by atoms with E-state index in [4.69, 9.17) is 0 Å². The van der Waals surface area contributed by atoms with Crippen molar-refractivity contribution in [2.45, 2.75) is 44.9 Å². The molecular weight excluding hydrogens is 386 g/mol. The Hall–Kier alpha value is -2.32. The molecule has 3 rings (SSSR count). The van der Waals surface area contributed by atoms with Gasteiger partial charge in [0, 0.05) is 25.1 Å².